The van der Waals surface area contributed by atoms with E-state index in [2.05, 4.69) is 0 Å². The summed E-state index contributed by atoms with van der Waals surface area (Å²) in [5, 5.41) is 18.9. The fourth-order valence-corrected chi connectivity index (χ4v) is 1.92. The van der Waals surface area contributed by atoms with Crippen LogP contribution in [-0.2, 0) is 0 Å². The van der Waals surface area contributed by atoms with Crippen molar-refractivity contribution in [1.29, 1.82) is 0 Å². The van der Waals surface area contributed by atoms with Gasteiger partial charge >= 0.3 is 0 Å². The van der Waals surface area contributed by atoms with Gasteiger partial charge in [-0.05, 0) is 13.8 Å². The van der Waals surface area contributed by atoms with Gasteiger partial charge in [0.2, 0.25) is 0 Å². The Kier molecular flexibility index (Phi) is 2.27. The van der Waals surface area contributed by atoms with Crippen LogP contribution in [0.2, 0.25) is 5.02 Å². The van der Waals surface area contributed by atoms with E-state index in [1.54, 1.807) is 13.8 Å². The van der Waals surface area contributed by atoms with Crippen LogP contribution in [0.4, 0.5) is 0 Å². The minimum absolute atomic E-state index is 0.0436. The molecule has 86 valence electrons. The minimum atomic E-state index is -0.642. The van der Waals surface area contributed by atoms with E-state index in [0.29, 0.717) is 0 Å². The van der Waals surface area contributed by atoms with Gasteiger partial charge in [0.25, 0.3) is 0 Å². The molecule has 0 atom stereocenters. The van der Waals surface area contributed by atoms with Gasteiger partial charge in [-0.15, -0.1) is 0 Å². The van der Waals surface area contributed by atoms with E-state index in [0.717, 1.165) is 0 Å². The first-order valence-corrected chi connectivity index (χ1v) is 5.16. The van der Waals surface area contributed by atoms with Crippen molar-refractivity contribution in [1.82, 2.24) is 0 Å². The summed E-state index contributed by atoms with van der Waals surface area (Å²) in [7, 11) is 0. The summed E-state index contributed by atoms with van der Waals surface area (Å²) < 4.78 is 5.51. The van der Waals surface area contributed by atoms with Crippen LogP contribution >= 0.6 is 11.6 Å². The molecule has 2 N–H and O–H groups in total. The molecule has 1 aromatic rings. The number of ketones is 1. The van der Waals surface area contributed by atoms with Crippen molar-refractivity contribution >= 4 is 17.4 Å². The molecule has 0 bridgehead atoms. The second kappa shape index (κ2) is 3.28. The number of hydrogen-bond acceptors (Lipinski definition) is 4. The van der Waals surface area contributed by atoms with Crippen molar-refractivity contribution in [3.8, 4) is 17.2 Å². The number of phenolic OH excluding ortho intramolecular Hbond substituents is 2. The summed E-state index contributed by atoms with van der Waals surface area (Å²) in [6.45, 7) is 3.52. The molecule has 0 unspecified atom stereocenters. The number of Topliss-reactive ketones (excluding diaryl/α,β-unsaturated/α-hetero) is 1. The van der Waals surface area contributed by atoms with E-state index in [1.165, 1.54) is 6.07 Å². The molecule has 2 rings (SSSR count). The Balaban J connectivity index is 2.66. The lowest BCUT2D eigenvalue weighted by Gasteiger charge is -2.32. The van der Waals surface area contributed by atoms with Crippen molar-refractivity contribution in [3.63, 3.8) is 0 Å². The number of ether oxygens (including phenoxy) is 1. The minimum Gasteiger partial charge on any atom is -0.506 e. The maximum Gasteiger partial charge on any atom is 0.174 e. The van der Waals surface area contributed by atoms with E-state index < -0.39 is 11.4 Å². The molecular formula is C11H11ClO4. The van der Waals surface area contributed by atoms with Gasteiger partial charge in [0.15, 0.2) is 11.5 Å². The molecule has 0 saturated carbocycles. The van der Waals surface area contributed by atoms with E-state index >= 15 is 0 Å². The third-order valence-electron chi connectivity index (χ3n) is 2.44. The zero-order valence-electron chi connectivity index (χ0n) is 8.87. The van der Waals surface area contributed by atoms with Crippen molar-refractivity contribution < 1.29 is 19.7 Å². The normalized spacial score (nSPS) is 17.8. The van der Waals surface area contributed by atoms with Crippen LogP contribution in [-0.4, -0.2) is 21.6 Å². The quantitative estimate of drug-likeness (QED) is 0.734. The largest absolute Gasteiger partial charge is 0.506 e. The number of rotatable bonds is 0. The Morgan fingerprint density at radius 3 is 2.69 bits per heavy atom. The molecule has 0 spiro atoms. The van der Waals surface area contributed by atoms with Gasteiger partial charge in [0.1, 0.15) is 27.7 Å². The number of carbonyl (C=O) groups excluding carboxylic acids is 1. The maximum atomic E-state index is 11.8. The molecule has 1 aliphatic heterocycles. The first-order chi connectivity index (χ1) is 7.32. The van der Waals surface area contributed by atoms with Crippen LogP contribution in [0.3, 0.4) is 0 Å². The Bertz CT molecular complexity index is 479. The Morgan fingerprint density at radius 2 is 2.06 bits per heavy atom. The van der Waals surface area contributed by atoms with Crippen LogP contribution in [0.15, 0.2) is 6.07 Å². The third kappa shape index (κ3) is 1.59. The van der Waals surface area contributed by atoms with Crippen molar-refractivity contribution in [2.75, 3.05) is 0 Å². The molecule has 4 nitrogen and oxygen atoms in total. The molecular weight excluding hydrogens is 232 g/mol. The van der Waals surface area contributed by atoms with Crippen LogP contribution in [0.5, 0.6) is 17.2 Å². The lowest BCUT2D eigenvalue weighted by Crippen LogP contribution is -2.35. The van der Waals surface area contributed by atoms with Crippen LogP contribution in [0.25, 0.3) is 0 Å². The predicted octanol–water partition coefficient (Wildman–Crippen LogP) is 2.50. The van der Waals surface area contributed by atoms with Gasteiger partial charge in [-0.3, -0.25) is 4.79 Å². The fraction of sp³-hybridized carbons (Fsp3) is 0.364. The SMILES string of the molecule is CC1(C)CC(=O)c2c(cc(O)c(Cl)c2O)O1. The highest BCUT2D eigenvalue weighted by Crippen LogP contribution is 2.45. The first kappa shape index (κ1) is 11.1. The Labute approximate surface area is 97.4 Å². The van der Waals surface area contributed by atoms with Gasteiger partial charge in [0, 0.05) is 6.07 Å². The number of halogens is 1. The van der Waals surface area contributed by atoms with Gasteiger partial charge in [-0.2, -0.15) is 0 Å². The highest BCUT2D eigenvalue weighted by molar-refractivity contribution is 6.34. The fourth-order valence-electron chi connectivity index (χ4n) is 1.77. The molecule has 5 heteroatoms. The van der Waals surface area contributed by atoms with E-state index in [4.69, 9.17) is 16.3 Å². The lowest BCUT2D eigenvalue weighted by molar-refractivity contribution is 0.0613. The summed E-state index contributed by atoms with van der Waals surface area (Å²) in [5.41, 5.74) is -0.598. The molecule has 16 heavy (non-hydrogen) atoms. The molecule has 0 saturated heterocycles. The molecule has 0 radical (unpaired) electrons. The molecule has 0 amide bonds. The number of phenols is 2. The zero-order chi connectivity index (χ0) is 12.1. The molecule has 0 fully saturated rings. The maximum absolute atomic E-state index is 11.8. The summed E-state index contributed by atoms with van der Waals surface area (Å²) >= 11 is 5.64. The second-order valence-corrected chi connectivity index (χ2v) is 4.77. The summed E-state index contributed by atoms with van der Waals surface area (Å²) in [6.07, 6.45) is 0.161. The number of benzene rings is 1. The van der Waals surface area contributed by atoms with Crippen LogP contribution < -0.4 is 4.74 Å². The van der Waals surface area contributed by atoms with Gasteiger partial charge in [-0.25, -0.2) is 0 Å². The smallest absolute Gasteiger partial charge is 0.174 e. The highest BCUT2D eigenvalue weighted by atomic mass is 35.5. The predicted molar refractivity (Wildman–Crippen MR) is 58.4 cm³/mol. The zero-order valence-corrected chi connectivity index (χ0v) is 9.63. The Morgan fingerprint density at radius 1 is 1.44 bits per heavy atom. The summed E-state index contributed by atoms with van der Waals surface area (Å²) in [5.74, 6) is -0.799. The molecule has 1 aromatic carbocycles. The number of carbonyl (C=O) groups is 1. The second-order valence-electron chi connectivity index (χ2n) is 4.39. The molecule has 1 heterocycles. The number of aromatic hydroxyl groups is 2. The van der Waals surface area contributed by atoms with Crippen molar-refractivity contribution in [2.24, 2.45) is 0 Å². The number of fused-ring (bicyclic) bond motifs is 1. The lowest BCUT2D eigenvalue weighted by atomic mass is 9.92. The monoisotopic (exact) mass is 242 g/mol. The van der Waals surface area contributed by atoms with Gasteiger partial charge in [0.05, 0.1) is 6.42 Å². The van der Waals surface area contributed by atoms with Crippen LogP contribution in [0.1, 0.15) is 30.6 Å². The summed E-state index contributed by atoms with van der Waals surface area (Å²) in [4.78, 5) is 11.8. The number of hydrogen-bond donors (Lipinski definition) is 2. The summed E-state index contributed by atoms with van der Waals surface area (Å²) in [6, 6.07) is 1.25. The average Bonchev–Trinajstić information content (AvgIpc) is 2.11. The van der Waals surface area contributed by atoms with Crippen LogP contribution in [0, 0.1) is 0 Å². The van der Waals surface area contributed by atoms with Crippen molar-refractivity contribution in [2.45, 2.75) is 25.9 Å². The standard InChI is InChI=1S/C11H11ClO4/c1-11(2)4-6(14)8-7(16-11)3-5(13)9(12)10(8)15/h3,13,15H,4H2,1-2H3. The molecule has 1 aliphatic rings. The van der Waals surface area contributed by atoms with E-state index in [-0.39, 0.29) is 34.3 Å². The van der Waals surface area contributed by atoms with E-state index in [9.17, 15) is 15.0 Å². The first-order valence-electron chi connectivity index (χ1n) is 4.78. The topological polar surface area (TPSA) is 66.8 Å². The Hall–Kier alpha value is -1.42. The molecule has 0 aliphatic carbocycles. The van der Waals surface area contributed by atoms with E-state index in [1.807, 2.05) is 0 Å². The van der Waals surface area contributed by atoms with Crippen molar-refractivity contribution in [3.05, 3.63) is 16.7 Å². The molecule has 0 aromatic heterocycles. The third-order valence-corrected chi connectivity index (χ3v) is 2.81. The van der Waals surface area contributed by atoms with Gasteiger partial charge in [-0.1, -0.05) is 11.6 Å². The highest BCUT2D eigenvalue weighted by Gasteiger charge is 2.35. The van der Waals surface area contributed by atoms with Gasteiger partial charge < -0.3 is 14.9 Å². The average molecular weight is 243 g/mol.